The van der Waals surface area contributed by atoms with Crippen LogP contribution in [0.1, 0.15) is 5.56 Å². The maximum atomic E-state index is 6.02. The number of hydrogen-bond acceptors (Lipinski definition) is 2. The largest absolute Gasteiger partial charge is 0.175 e. The van der Waals surface area contributed by atoms with Gasteiger partial charge in [0.2, 0.25) is 0 Å². The lowest BCUT2D eigenvalue weighted by Gasteiger charge is -2.01. The molecule has 76 valence electrons. The van der Waals surface area contributed by atoms with Gasteiger partial charge in [-0.25, -0.2) is 0 Å². The van der Waals surface area contributed by atoms with Crippen LogP contribution in [0.25, 0.3) is 0 Å². The van der Waals surface area contributed by atoms with Gasteiger partial charge in [0.25, 0.3) is 0 Å². The second-order valence-electron chi connectivity index (χ2n) is 2.76. The minimum atomic E-state index is 0.812. The third-order valence-electron chi connectivity index (χ3n) is 1.70. The van der Waals surface area contributed by atoms with E-state index >= 15 is 0 Å². The van der Waals surface area contributed by atoms with Crippen LogP contribution >= 0.6 is 36.0 Å². The van der Waals surface area contributed by atoms with Crippen LogP contribution in [-0.2, 0) is 5.75 Å². The molecule has 0 aliphatic rings. The lowest BCUT2D eigenvalue weighted by Crippen LogP contribution is -1.82. The highest BCUT2D eigenvalue weighted by atomic mass is 35.5. The van der Waals surface area contributed by atoms with Crippen molar-refractivity contribution in [1.82, 2.24) is 0 Å². The maximum Gasteiger partial charge on any atom is 0.0446 e. The molecule has 3 heteroatoms. The highest BCUT2D eigenvalue weighted by molar-refractivity contribution is 7.98. The van der Waals surface area contributed by atoms with Gasteiger partial charge in [0, 0.05) is 22.3 Å². The molecule has 14 heavy (non-hydrogen) atoms. The molecule has 0 unspecified atom stereocenters. The van der Waals surface area contributed by atoms with Crippen molar-refractivity contribution < 1.29 is 0 Å². The Morgan fingerprint density at radius 3 is 2.79 bits per heavy atom. The number of rotatable bonds is 5. The van der Waals surface area contributed by atoms with Gasteiger partial charge >= 0.3 is 0 Å². The molecule has 1 rings (SSSR count). The van der Waals surface area contributed by atoms with Crippen molar-refractivity contribution in [3.05, 3.63) is 47.0 Å². The highest BCUT2D eigenvalue weighted by Gasteiger charge is 1.96. The summed E-state index contributed by atoms with van der Waals surface area (Å²) >= 11 is 12.0. The Bertz CT molecular complexity index is 297. The fraction of sp³-hybridized carbons (Fsp3) is 0.273. The van der Waals surface area contributed by atoms with E-state index in [0.717, 1.165) is 22.3 Å². The molecule has 0 aliphatic heterocycles. The predicted octanol–water partition coefficient (Wildman–Crippen LogP) is 4.06. The van der Waals surface area contributed by atoms with E-state index in [1.807, 2.05) is 30.0 Å². The van der Waals surface area contributed by atoms with Crippen molar-refractivity contribution in [3.8, 4) is 0 Å². The summed E-state index contributed by atoms with van der Waals surface area (Å²) in [5.74, 6) is 2.80. The molecule has 0 aromatic heterocycles. The Morgan fingerprint density at radius 1 is 1.29 bits per heavy atom. The van der Waals surface area contributed by atoms with E-state index in [1.54, 1.807) is 0 Å². The quantitative estimate of drug-likeness (QED) is 0.463. The smallest absolute Gasteiger partial charge is 0.0446 e. The van der Waals surface area contributed by atoms with Crippen molar-refractivity contribution >= 4 is 36.0 Å². The number of thiol groups is 1. The number of halogens is 1. The molecule has 1 aromatic carbocycles. The fourth-order valence-electron chi connectivity index (χ4n) is 0.995. The van der Waals surface area contributed by atoms with E-state index in [4.69, 9.17) is 11.6 Å². The number of hydrogen-bond donors (Lipinski definition) is 1. The average Bonchev–Trinajstić information content (AvgIpc) is 2.20. The van der Waals surface area contributed by atoms with Crippen molar-refractivity contribution in [3.63, 3.8) is 0 Å². The Balaban J connectivity index is 2.31. The fourth-order valence-corrected chi connectivity index (χ4v) is 2.29. The Kier molecular flexibility index (Phi) is 6.24. The van der Waals surface area contributed by atoms with Gasteiger partial charge in [0.1, 0.15) is 0 Å². The lowest BCUT2D eigenvalue weighted by atomic mass is 10.2. The topological polar surface area (TPSA) is 0 Å². The minimum absolute atomic E-state index is 0.812. The first-order chi connectivity index (χ1) is 6.84. The third-order valence-corrected chi connectivity index (χ3v) is 3.22. The summed E-state index contributed by atoms with van der Waals surface area (Å²) in [4.78, 5) is 0. The van der Waals surface area contributed by atoms with Crippen LogP contribution in [0.3, 0.4) is 0 Å². The van der Waals surface area contributed by atoms with Crippen LogP contribution in [0, 0.1) is 0 Å². The Hall–Kier alpha value is -0.0500. The molecule has 0 fully saturated rings. The van der Waals surface area contributed by atoms with Gasteiger partial charge in [0.05, 0.1) is 0 Å². The predicted molar refractivity (Wildman–Crippen MR) is 70.6 cm³/mol. The van der Waals surface area contributed by atoms with Gasteiger partial charge in [-0.3, -0.25) is 0 Å². The van der Waals surface area contributed by atoms with Crippen LogP contribution in [0.5, 0.6) is 0 Å². The van der Waals surface area contributed by atoms with Gasteiger partial charge < -0.3 is 0 Å². The van der Waals surface area contributed by atoms with Crippen LogP contribution in [0.2, 0.25) is 5.02 Å². The standard InChI is InChI=1S/C11H13ClS2/c12-11-6-2-1-5-10(11)9-14-8-4-3-7-13/h1-6,13H,7-9H2/b4-3+. The molecular weight excluding hydrogens is 232 g/mol. The van der Waals surface area contributed by atoms with E-state index in [9.17, 15) is 0 Å². The molecule has 0 radical (unpaired) electrons. The zero-order valence-corrected chi connectivity index (χ0v) is 10.3. The molecule has 0 heterocycles. The Labute approximate surface area is 100 Å². The van der Waals surface area contributed by atoms with Gasteiger partial charge in [-0.05, 0) is 11.6 Å². The maximum absolute atomic E-state index is 6.02. The molecule has 0 saturated heterocycles. The molecule has 0 bridgehead atoms. The van der Waals surface area contributed by atoms with Gasteiger partial charge in [-0.2, -0.15) is 24.4 Å². The molecule has 0 aliphatic carbocycles. The first-order valence-electron chi connectivity index (χ1n) is 4.41. The molecule has 0 saturated carbocycles. The summed E-state index contributed by atoms with van der Waals surface area (Å²) in [7, 11) is 0. The third kappa shape index (κ3) is 4.45. The average molecular weight is 245 g/mol. The molecule has 1 aromatic rings. The van der Waals surface area contributed by atoms with E-state index in [0.29, 0.717) is 0 Å². The summed E-state index contributed by atoms with van der Waals surface area (Å²) < 4.78 is 0. The summed E-state index contributed by atoms with van der Waals surface area (Å²) in [5.41, 5.74) is 1.21. The second-order valence-corrected chi connectivity index (χ2v) is 4.56. The van der Waals surface area contributed by atoms with Crippen LogP contribution in [0.4, 0.5) is 0 Å². The van der Waals surface area contributed by atoms with E-state index in [-0.39, 0.29) is 0 Å². The molecule has 0 nitrogen and oxygen atoms in total. The minimum Gasteiger partial charge on any atom is -0.175 e. The van der Waals surface area contributed by atoms with Crippen molar-refractivity contribution in [2.24, 2.45) is 0 Å². The van der Waals surface area contributed by atoms with Crippen molar-refractivity contribution in [2.75, 3.05) is 11.5 Å². The van der Waals surface area contributed by atoms with Crippen LogP contribution in [0.15, 0.2) is 36.4 Å². The van der Waals surface area contributed by atoms with Gasteiger partial charge in [0.15, 0.2) is 0 Å². The summed E-state index contributed by atoms with van der Waals surface area (Å²) in [6, 6.07) is 7.97. The lowest BCUT2D eigenvalue weighted by molar-refractivity contribution is 1.41. The van der Waals surface area contributed by atoms with E-state index < -0.39 is 0 Å². The molecule has 0 atom stereocenters. The highest BCUT2D eigenvalue weighted by Crippen LogP contribution is 2.20. The second kappa shape index (κ2) is 7.27. The first-order valence-corrected chi connectivity index (χ1v) is 6.58. The van der Waals surface area contributed by atoms with Gasteiger partial charge in [-0.15, -0.1) is 0 Å². The molecule has 0 amide bonds. The zero-order valence-electron chi connectivity index (χ0n) is 7.82. The normalized spacial score (nSPS) is 11.0. The first kappa shape index (κ1) is 12.0. The SMILES string of the molecule is SC/C=C/CSCc1ccccc1Cl. The monoisotopic (exact) mass is 244 g/mol. The van der Waals surface area contributed by atoms with Crippen LogP contribution in [-0.4, -0.2) is 11.5 Å². The molecular formula is C11H13ClS2. The summed E-state index contributed by atoms with van der Waals surface area (Å²) in [6.07, 6.45) is 4.19. The van der Waals surface area contributed by atoms with Crippen LogP contribution < -0.4 is 0 Å². The summed E-state index contributed by atoms with van der Waals surface area (Å²) in [6.45, 7) is 0. The number of benzene rings is 1. The van der Waals surface area contributed by atoms with Crippen molar-refractivity contribution in [1.29, 1.82) is 0 Å². The number of thioether (sulfide) groups is 1. The molecule has 0 spiro atoms. The van der Waals surface area contributed by atoms with Crippen molar-refractivity contribution in [2.45, 2.75) is 5.75 Å². The van der Waals surface area contributed by atoms with Gasteiger partial charge in [-0.1, -0.05) is 42.0 Å². The Morgan fingerprint density at radius 2 is 2.07 bits per heavy atom. The zero-order chi connectivity index (χ0) is 10.2. The van der Waals surface area contributed by atoms with E-state index in [1.165, 1.54) is 5.56 Å². The van der Waals surface area contributed by atoms with E-state index in [2.05, 4.69) is 30.8 Å². The summed E-state index contributed by atoms with van der Waals surface area (Å²) in [5, 5.41) is 0.859. The molecule has 0 N–H and O–H groups in total.